The largest absolute Gasteiger partial charge is 0.378 e. The Morgan fingerprint density at radius 2 is 2.07 bits per heavy atom. The normalized spacial score (nSPS) is 15.7. The maximum Gasteiger partial charge on any atom is 0.262 e. The number of nitrogens with zero attached hydrogens (tertiary/aromatic N) is 3. The van der Waals surface area contributed by atoms with Gasteiger partial charge in [0.1, 0.15) is 11.4 Å². The van der Waals surface area contributed by atoms with Crippen molar-refractivity contribution in [1.82, 2.24) is 19.8 Å². The Labute approximate surface area is 161 Å². The minimum absolute atomic E-state index is 0.0536. The van der Waals surface area contributed by atoms with E-state index in [1.54, 1.807) is 11.8 Å². The number of hydrogen-bond donors (Lipinski definition) is 1. The Balaban J connectivity index is 1.88. The molecule has 3 rings (SSSR count). The van der Waals surface area contributed by atoms with Crippen molar-refractivity contribution in [3.8, 4) is 0 Å². The number of rotatable bonds is 5. The molecule has 0 aromatic carbocycles. The van der Waals surface area contributed by atoms with E-state index in [9.17, 15) is 14.4 Å². The number of fused-ring (bicyclic) bond motifs is 1. The van der Waals surface area contributed by atoms with Crippen LogP contribution >= 0.6 is 11.3 Å². The molecular formula is C18H24N4O4S. The van der Waals surface area contributed by atoms with E-state index in [2.05, 4.69) is 10.3 Å². The first-order valence-electron chi connectivity index (χ1n) is 9.07. The van der Waals surface area contributed by atoms with E-state index in [1.165, 1.54) is 22.2 Å². The van der Waals surface area contributed by atoms with Crippen molar-refractivity contribution in [2.24, 2.45) is 0 Å². The molecule has 0 aliphatic carbocycles. The molecule has 1 atom stereocenters. The van der Waals surface area contributed by atoms with Crippen LogP contribution in [0.1, 0.15) is 35.5 Å². The molecule has 1 N–H and O–H groups in total. The summed E-state index contributed by atoms with van der Waals surface area (Å²) in [7, 11) is 0. The van der Waals surface area contributed by atoms with Gasteiger partial charge in [0.15, 0.2) is 0 Å². The average molecular weight is 392 g/mol. The Bertz CT molecular complexity index is 914. The lowest BCUT2D eigenvalue weighted by Crippen LogP contribution is -2.43. The van der Waals surface area contributed by atoms with E-state index in [4.69, 9.17) is 4.74 Å². The van der Waals surface area contributed by atoms with Crippen LogP contribution in [0, 0.1) is 6.92 Å². The van der Waals surface area contributed by atoms with Gasteiger partial charge >= 0.3 is 0 Å². The summed E-state index contributed by atoms with van der Waals surface area (Å²) in [5.74, 6) is -0.329. The number of thiophene rings is 1. The molecule has 9 heteroatoms. The van der Waals surface area contributed by atoms with Crippen molar-refractivity contribution >= 4 is 33.4 Å². The van der Waals surface area contributed by atoms with Gasteiger partial charge in [-0.05, 0) is 25.8 Å². The van der Waals surface area contributed by atoms with Crippen LogP contribution in [0.3, 0.4) is 0 Å². The zero-order valence-corrected chi connectivity index (χ0v) is 16.6. The third kappa shape index (κ3) is 4.03. The van der Waals surface area contributed by atoms with Crippen LogP contribution in [0.4, 0.5) is 0 Å². The van der Waals surface area contributed by atoms with Crippen molar-refractivity contribution in [1.29, 1.82) is 0 Å². The van der Waals surface area contributed by atoms with Crippen molar-refractivity contribution in [3.05, 3.63) is 27.1 Å². The summed E-state index contributed by atoms with van der Waals surface area (Å²) >= 11 is 1.21. The van der Waals surface area contributed by atoms with Crippen LogP contribution in [0.25, 0.3) is 10.2 Å². The Kier molecular flexibility index (Phi) is 5.91. The number of carbonyl (C=O) groups is 2. The van der Waals surface area contributed by atoms with Crippen LogP contribution in [0.5, 0.6) is 0 Å². The van der Waals surface area contributed by atoms with Crippen molar-refractivity contribution < 1.29 is 14.3 Å². The summed E-state index contributed by atoms with van der Waals surface area (Å²) in [6.45, 7) is 7.69. The summed E-state index contributed by atoms with van der Waals surface area (Å²) in [4.78, 5) is 44.8. The van der Waals surface area contributed by atoms with Crippen LogP contribution < -0.4 is 10.9 Å². The summed E-state index contributed by atoms with van der Waals surface area (Å²) < 4.78 is 6.56. The number of morpholine rings is 1. The Morgan fingerprint density at radius 1 is 1.37 bits per heavy atom. The first kappa shape index (κ1) is 19.5. The molecule has 0 bridgehead atoms. The van der Waals surface area contributed by atoms with E-state index >= 15 is 0 Å². The van der Waals surface area contributed by atoms with Gasteiger partial charge in [-0.2, -0.15) is 0 Å². The number of aromatic nitrogens is 2. The van der Waals surface area contributed by atoms with Crippen molar-refractivity contribution in [3.63, 3.8) is 0 Å². The molecule has 1 fully saturated rings. The van der Waals surface area contributed by atoms with E-state index in [0.29, 0.717) is 47.0 Å². The summed E-state index contributed by atoms with van der Waals surface area (Å²) in [6.07, 6.45) is 2.21. The molecule has 1 aliphatic rings. The molecular weight excluding hydrogens is 368 g/mol. The average Bonchev–Trinajstić information content (AvgIpc) is 3.02. The van der Waals surface area contributed by atoms with Gasteiger partial charge in [-0.15, -0.1) is 11.3 Å². The third-order valence-electron chi connectivity index (χ3n) is 4.78. The van der Waals surface area contributed by atoms with Gasteiger partial charge in [-0.1, -0.05) is 6.92 Å². The van der Waals surface area contributed by atoms with Crippen LogP contribution in [-0.4, -0.2) is 58.6 Å². The standard InChI is InChI=1S/C18H24N4O4S/c1-4-11(2)20-16(24)15-12(3)14-17(27-15)19-10-22(18(14)25)9-13(23)21-5-7-26-8-6-21/h10-11H,4-9H2,1-3H3,(H,20,24). The molecule has 1 aliphatic heterocycles. The third-order valence-corrected chi connectivity index (χ3v) is 5.98. The molecule has 1 saturated heterocycles. The fraction of sp³-hybridized carbons (Fsp3) is 0.556. The first-order chi connectivity index (χ1) is 12.9. The van der Waals surface area contributed by atoms with E-state index in [-0.39, 0.29) is 30.0 Å². The Morgan fingerprint density at radius 3 is 2.74 bits per heavy atom. The van der Waals surface area contributed by atoms with Gasteiger partial charge in [0.05, 0.1) is 29.8 Å². The monoisotopic (exact) mass is 392 g/mol. The lowest BCUT2D eigenvalue weighted by atomic mass is 10.2. The second-order valence-electron chi connectivity index (χ2n) is 6.69. The van der Waals surface area contributed by atoms with Gasteiger partial charge in [-0.25, -0.2) is 4.98 Å². The van der Waals surface area contributed by atoms with Crippen molar-refractivity contribution in [2.45, 2.75) is 39.8 Å². The molecule has 2 aromatic rings. The van der Waals surface area contributed by atoms with Crippen molar-refractivity contribution in [2.75, 3.05) is 26.3 Å². The van der Waals surface area contributed by atoms with E-state index in [0.717, 1.165) is 6.42 Å². The molecule has 0 spiro atoms. The highest BCUT2D eigenvalue weighted by molar-refractivity contribution is 7.20. The predicted octanol–water partition coefficient (Wildman–Crippen LogP) is 1.15. The minimum atomic E-state index is -0.294. The highest BCUT2D eigenvalue weighted by Crippen LogP contribution is 2.26. The zero-order valence-electron chi connectivity index (χ0n) is 15.8. The topological polar surface area (TPSA) is 93.5 Å². The van der Waals surface area contributed by atoms with Gasteiger partial charge in [0.2, 0.25) is 5.91 Å². The highest BCUT2D eigenvalue weighted by atomic mass is 32.1. The van der Waals surface area contributed by atoms with Gasteiger partial charge in [0, 0.05) is 19.1 Å². The second-order valence-corrected chi connectivity index (χ2v) is 7.69. The molecule has 8 nitrogen and oxygen atoms in total. The fourth-order valence-electron chi connectivity index (χ4n) is 2.94. The van der Waals surface area contributed by atoms with Crippen LogP contribution in [0.15, 0.2) is 11.1 Å². The maximum absolute atomic E-state index is 12.9. The molecule has 1 unspecified atom stereocenters. The number of nitrogens with one attached hydrogen (secondary N) is 1. The zero-order chi connectivity index (χ0) is 19.6. The quantitative estimate of drug-likeness (QED) is 0.824. The van der Waals surface area contributed by atoms with E-state index in [1.807, 2.05) is 13.8 Å². The number of hydrogen-bond acceptors (Lipinski definition) is 6. The van der Waals surface area contributed by atoms with Crippen LogP contribution in [-0.2, 0) is 16.1 Å². The smallest absolute Gasteiger partial charge is 0.262 e. The summed E-state index contributed by atoms with van der Waals surface area (Å²) in [5.41, 5.74) is 0.319. The summed E-state index contributed by atoms with van der Waals surface area (Å²) in [5, 5.41) is 3.33. The minimum Gasteiger partial charge on any atom is -0.378 e. The second kappa shape index (κ2) is 8.18. The molecule has 2 aromatic heterocycles. The Hall–Kier alpha value is -2.26. The molecule has 146 valence electrons. The maximum atomic E-state index is 12.9. The molecule has 27 heavy (non-hydrogen) atoms. The summed E-state index contributed by atoms with van der Waals surface area (Å²) in [6, 6.07) is 0.0536. The lowest BCUT2D eigenvalue weighted by Gasteiger charge is -2.26. The first-order valence-corrected chi connectivity index (χ1v) is 9.89. The number of amides is 2. The lowest BCUT2D eigenvalue weighted by molar-refractivity contribution is -0.135. The SMILES string of the molecule is CCC(C)NC(=O)c1sc2ncn(CC(=O)N3CCOCC3)c(=O)c2c1C. The fourth-order valence-corrected chi connectivity index (χ4v) is 3.98. The van der Waals surface area contributed by atoms with Crippen LogP contribution in [0.2, 0.25) is 0 Å². The molecule has 3 heterocycles. The molecule has 2 amide bonds. The van der Waals surface area contributed by atoms with E-state index < -0.39 is 0 Å². The predicted molar refractivity (Wildman–Crippen MR) is 103 cm³/mol. The highest BCUT2D eigenvalue weighted by Gasteiger charge is 2.22. The molecule has 0 radical (unpaired) electrons. The number of ether oxygens (including phenoxy) is 1. The van der Waals surface area contributed by atoms with Gasteiger partial charge in [-0.3, -0.25) is 19.0 Å². The molecule has 0 saturated carbocycles. The van der Waals surface area contributed by atoms with Gasteiger partial charge in [0.25, 0.3) is 11.5 Å². The number of aryl methyl sites for hydroxylation is 1. The number of carbonyl (C=O) groups excluding carboxylic acids is 2. The van der Waals surface area contributed by atoms with Gasteiger partial charge < -0.3 is 15.0 Å².